The van der Waals surface area contributed by atoms with Gasteiger partial charge in [-0.3, -0.25) is 14.5 Å². The van der Waals surface area contributed by atoms with Gasteiger partial charge in [0.15, 0.2) is 6.10 Å². The van der Waals surface area contributed by atoms with Crippen molar-refractivity contribution in [3.63, 3.8) is 0 Å². The fourth-order valence-corrected chi connectivity index (χ4v) is 13.9. The third-order valence-electron chi connectivity index (χ3n) is 16.5. The lowest BCUT2D eigenvalue weighted by Crippen LogP contribution is -2.81. The molecule has 0 radical (unpaired) electrons. The molecule has 12 heteroatoms. The number of para-hydroxylation sites is 1. The standard InChI is InChI=1S/C48H62N4O8/c1-10-45-17-13-19-52-21-18-46(39(45)52)33-22-34(37(57-7)23-36(33)50(6)40(46)48(56,43(55)59-9)41(45)60-29(4)53)47(42(54)58-8)25-30-24-44(5,28(2)3)27-51(26-30)20-16-32-31-14-11-12-15-35(31)49-38(32)47/h11-15,17,22-23,28,30,39-41,49,56H,10,16,18-21,24-27H2,1-9H3/t30?,39-,40+,41+,44?,45+,46+,47-,48?/m0/s1. The molecule has 12 nitrogen and oxygen atoms in total. The molecule has 3 fully saturated rings. The zero-order valence-electron chi connectivity index (χ0n) is 36.7. The molecule has 6 heterocycles. The van der Waals surface area contributed by atoms with Crippen molar-refractivity contribution in [2.75, 3.05) is 66.0 Å². The van der Waals surface area contributed by atoms with Gasteiger partial charge in [0, 0.05) is 90.9 Å². The van der Waals surface area contributed by atoms with E-state index in [0.29, 0.717) is 49.6 Å². The Morgan fingerprint density at radius 1 is 1.00 bits per heavy atom. The van der Waals surface area contributed by atoms with E-state index in [-0.39, 0.29) is 23.3 Å². The predicted octanol–water partition coefficient (Wildman–Crippen LogP) is 5.51. The highest BCUT2D eigenvalue weighted by Gasteiger charge is 2.80. The average molecular weight is 823 g/mol. The van der Waals surface area contributed by atoms with E-state index in [1.54, 1.807) is 7.11 Å². The van der Waals surface area contributed by atoms with Crippen LogP contribution in [0.1, 0.15) is 82.7 Å². The second kappa shape index (κ2) is 14.1. The normalized spacial score (nSPS) is 36.6. The Labute approximate surface area is 353 Å². The number of hydrogen-bond donors (Lipinski definition) is 2. The number of methoxy groups -OCH3 is 3. The number of aliphatic hydroxyl groups is 1. The summed E-state index contributed by atoms with van der Waals surface area (Å²) < 4.78 is 24.1. The van der Waals surface area contributed by atoms with Crippen LogP contribution >= 0.6 is 0 Å². The number of carbonyl (C=O) groups excluding carboxylic acids is 3. The minimum atomic E-state index is -2.28. The largest absolute Gasteiger partial charge is 0.496 e. The van der Waals surface area contributed by atoms with Crippen molar-refractivity contribution in [3.8, 4) is 5.75 Å². The number of ether oxygens (including phenoxy) is 4. The van der Waals surface area contributed by atoms with Crippen LogP contribution in [0.3, 0.4) is 0 Å². The van der Waals surface area contributed by atoms with E-state index < -0.39 is 45.9 Å². The van der Waals surface area contributed by atoms with Crippen LogP contribution < -0.4 is 9.64 Å². The van der Waals surface area contributed by atoms with Gasteiger partial charge in [0.25, 0.3) is 0 Å². The molecule has 2 N–H and O–H groups in total. The van der Waals surface area contributed by atoms with Crippen molar-refractivity contribution < 1.29 is 38.4 Å². The zero-order chi connectivity index (χ0) is 42.7. The molecule has 1 saturated carbocycles. The van der Waals surface area contributed by atoms with Gasteiger partial charge >= 0.3 is 17.9 Å². The third kappa shape index (κ3) is 5.22. The van der Waals surface area contributed by atoms with Crippen LogP contribution in [-0.2, 0) is 45.8 Å². The first kappa shape index (κ1) is 41.0. The summed E-state index contributed by atoms with van der Waals surface area (Å²) in [6.45, 7) is 14.4. The molecular weight excluding hydrogens is 761 g/mol. The number of likely N-dealkylation sites (N-methyl/N-ethyl adjacent to an activating group) is 1. The molecule has 1 aliphatic carbocycles. The summed E-state index contributed by atoms with van der Waals surface area (Å²) >= 11 is 0. The van der Waals surface area contributed by atoms with Crippen LogP contribution in [0.5, 0.6) is 5.75 Å². The smallest absolute Gasteiger partial charge is 0.344 e. The fourth-order valence-electron chi connectivity index (χ4n) is 13.9. The summed E-state index contributed by atoms with van der Waals surface area (Å²) in [5.41, 5.74) is -0.107. The molecule has 4 unspecified atom stereocenters. The first-order valence-electron chi connectivity index (χ1n) is 21.9. The minimum Gasteiger partial charge on any atom is -0.496 e. The first-order chi connectivity index (χ1) is 28.6. The molecule has 9 rings (SSSR count). The topological polar surface area (TPSA) is 134 Å². The number of fused-ring (bicyclic) bond motifs is 6. The number of benzene rings is 2. The third-order valence-corrected chi connectivity index (χ3v) is 16.5. The summed E-state index contributed by atoms with van der Waals surface area (Å²) in [5, 5.41) is 14.5. The summed E-state index contributed by atoms with van der Waals surface area (Å²) in [5.74, 6) is -0.717. The lowest BCUT2D eigenvalue weighted by atomic mass is 9.47. The van der Waals surface area contributed by atoms with Gasteiger partial charge in [-0.2, -0.15) is 0 Å². The number of esters is 3. The van der Waals surface area contributed by atoms with Crippen molar-refractivity contribution in [2.24, 2.45) is 22.7 Å². The zero-order valence-corrected chi connectivity index (χ0v) is 36.7. The maximum absolute atomic E-state index is 15.4. The van der Waals surface area contributed by atoms with E-state index in [1.165, 1.54) is 21.1 Å². The Kier molecular flexibility index (Phi) is 9.61. The number of aromatic amines is 1. The van der Waals surface area contributed by atoms with E-state index in [2.05, 4.69) is 72.0 Å². The molecule has 1 spiro atoms. The second-order valence-corrected chi connectivity index (χ2v) is 19.4. The number of H-pyrrole nitrogens is 1. The van der Waals surface area contributed by atoms with Crippen molar-refractivity contribution in [2.45, 2.75) is 101 Å². The fraction of sp³-hybridized carbons (Fsp3) is 0.604. The van der Waals surface area contributed by atoms with Crippen molar-refractivity contribution >= 4 is 34.5 Å². The van der Waals surface area contributed by atoms with E-state index in [1.807, 2.05) is 31.0 Å². The second-order valence-electron chi connectivity index (χ2n) is 19.4. The Bertz CT molecular complexity index is 2290. The molecule has 322 valence electrons. The number of piperidine rings is 1. The van der Waals surface area contributed by atoms with Crippen LogP contribution in [0, 0.1) is 22.7 Å². The highest BCUT2D eigenvalue weighted by Crippen LogP contribution is 2.68. The van der Waals surface area contributed by atoms with E-state index in [0.717, 1.165) is 65.9 Å². The van der Waals surface area contributed by atoms with Crippen LogP contribution in [-0.4, -0.2) is 123 Å². The van der Waals surface area contributed by atoms with Crippen LogP contribution in [0.4, 0.5) is 5.69 Å². The van der Waals surface area contributed by atoms with Crippen molar-refractivity contribution in [3.05, 3.63) is 70.9 Å². The molecule has 10 atom stereocenters. The van der Waals surface area contributed by atoms with Crippen molar-refractivity contribution in [1.29, 1.82) is 0 Å². The summed E-state index contributed by atoms with van der Waals surface area (Å²) in [4.78, 5) is 53.8. The van der Waals surface area contributed by atoms with E-state index in [4.69, 9.17) is 18.9 Å². The van der Waals surface area contributed by atoms with Crippen LogP contribution in [0.25, 0.3) is 10.9 Å². The monoisotopic (exact) mass is 822 g/mol. The van der Waals surface area contributed by atoms with Crippen LogP contribution in [0.15, 0.2) is 48.6 Å². The molecule has 6 aliphatic rings. The van der Waals surface area contributed by atoms with E-state index in [9.17, 15) is 14.7 Å². The molecule has 0 amide bonds. The van der Waals surface area contributed by atoms with Gasteiger partial charge in [0.2, 0.25) is 5.60 Å². The Balaban J connectivity index is 1.36. The SMILES string of the molecule is CC[C@]12C=CCN3CC[C@@]4(c5cc([C@@]6(C(=O)OC)CC7CN(CCc8c6[nH]c6ccccc86)CC(C)(C(C)C)C7)c(OC)cc5N(C)[C@H]4C(O)(C(=O)OC)[C@@H]1OC(C)=O)[C@@H]32. The van der Waals surface area contributed by atoms with Gasteiger partial charge in [0.1, 0.15) is 11.2 Å². The molecule has 2 saturated heterocycles. The van der Waals surface area contributed by atoms with Gasteiger partial charge < -0.3 is 38.8 Å². The summed E-state index contributed by atoms with van der Waals surface area (Å²) in [6.07, 6.45) is 6.17. The number of aromatic nitrogens is 1. The van der Waals surface area contributed by atoms with Crippen LogP contribution in [0.2, 0.25) is 0 Å². The van der Waals surface area contributed by atoms with Gasteiger partial charge in [-0.1, -0.05) is 58.0 Å². The van der Waals surface area contributed by atoms with Gasteiger partial charge in [-0.15, -0.1) is 0 Å². The molecule has 2 bridgehead atoms. The Hall–Kier alpha value is -4.39. The molecule has 3 aromatic rings. The number of carbonyl (C=O) groups is 3. The van der Waals surface area contributed by atoms with Gasteiger partial charge in [-0.25, -0.2) is 4.79 Å². The Morgan fingerprint density at radius 3 is 2.43 bits per heavy atom. The molecule has 60 heavy (non-hydrogen) atoms. The molecule has 5 aliphatic heterocycles. The number of nitrogens with one attached hydrogen (secondary N) is 1. The Morgan fingerprint density at radius 2 is 1.75 bits per heavy atom. The molecule has 2 aromatic carbocycles. The highest BCUT2D eigenvalue weighted by molar-refractivity contribution is 5.95. The minimum absolute atomic E-state index is 0.0338. The van der Waals surface area contributed by atoms with Gasteiger partial charge in [-0.05, 0) is 79.2 Å². The lowest BCUT2D eigenvalue weighted by molar-refractivity contribution is -0.228. The number of nitrogens with zero attached hydrogens (tertiary/aromatic N) is 3. The summed E-state index contributed by atoms with van der Waals surface area (Å²) in [6, 6.07) is 11.3. The first-order valence-corrected chi connectivity index (χ1v) is 21.9. The molecule has 1 aromatic heterocycles. The number of hydrogen-bond acceptors (Lipinski definition) is 11. The molecular formula is C48H62N4O8. The number of anilines is 1. The number of rotatable bonds is 7. The van der Waals surface area contributed by atoms with E-state index >= 15 is 4.79 Å². The average Bonchev–Trinajstić information content (AvgIpc) is 3.89. The lowest BCUT2D eigenvalue weighted by Gasteiger charge is -2.63. The van der Waals surface area contributed by atoms with Crippen molar-refractivity contribution in [1.82, 2.24) is 14.8 Å². The highest BCUT2D eigenvalue weighted by atomic mass is 16.6. The predicted molar refractivity (Wildman–Crippen MR) is 228 cm³/mol. The van der Waals surface area contributed by atoms with Gasteiger partial charge in [0.05, 0.1) is 27.4 Å². The maximum Gasteiger partial charge on any atom is 0.344 e. The summed E-state index contributed by atoms with van der Waals surface area (Å²) in [7, 11) is 6.29. The maximum atomic E-state index is 15.4. The quantitative estimate of drug-likeness (QED) is 0.178.